The molecule has 0 heterocycles. The van der Waals surface area contributed by atoms with E-state index in [4.69, 9.17) is 4.74 Å². The number of ether oxygens (including phenoxy) is 1. The SMILES string of the molecule is Cc1cccc(N(CC(=O)N/N=C\c2ccc(OCC(=O)N[C@@H](C)c3ccccc3)cc2)S(=O)(=O)c2ccccc2)c1. The maximum absolute atomic E-state index is 13.4. The molecule has 0 fully saturated rings. The predicted octanol–water partition coefficient (Wildman–Crippen LogP) is 4.60. The first-order chi connectivity index (χ1) is 20.2. The van der Waals surface area contributed by atoms with Gasteiger partial charge in [0.05, 0.1) is 22.8 Å². The van der Waals surface area contributed by atoms with Gasteiger partial charge in [-0.05, 0) is 79.1 Å². The van der Waals surface area contributed by atoms with Gasteiger partial charge in [-0.1, -0.05) is 60.7 Å². The number of carbonyl (C=O) groups is 2. The molecule has 0 bridgehead atoms. The smallest absolute Gasteiger partial charge is 0.264 e. The lowest BCUT2D eigenvalue weighted by molar-refractivity contribution is -0.123. The van der Waals surface area contributed by atoms with E-state index in [1.807, 2.05) is 50.2 Å². The molecular formula is C32H32N4O5S. The Labute approximate surface area is 245 Å². The molecule has 2 N–H and O–H groups in total. The minimum atomic E-state index is -4.00. The number of amides is 2. The van der Waals surface area contributed by atoms with Crippen LogP contribution >= 0.6 is 0 Å². The van der Waals surface area contributed by atoms with Crippen LogP contribution in [0.15, 0.2) is 119 Å². The first-order valence-corrected chi connectivity index (χ1v) is 14.7. The van der Waals surface area contributed by atoms with Gasteiger partial charge in [0.15, 0.2) is 6.61 Å². The molecule has 2 amide bonds. The maximum atomic E-state index is 13.4. The molecule has 0 aliphatic rings. The third-order valence-corrected chi connectivity index (χ3v) is 8.03. The molecule has 0 aliphatic heterocycles. The molecule has 1 atom stereocenters. The lowest BCUT2D eigenvalue weighted by Gasteiger charge is -2.24. The van der Waals surface area contributed by atoms with Crippen molar-refractivity contribution >= 4 is 33.7 Å². The zero-order chi connectivity index (χ0) is 30.0. The van der Waals surface area contributed by atoms with Crippen molar-refractivity contribution in [2.45, 2.75) is 24.8 Å². The molecular weight excluding hydrogens is 552 g/mol. The van der Waals surface area contributed by atoms with E-state index in [1.165, 1.54) is 18.3 Å². The van der Waals surface area contributed by atoms with Gasteiger partial charge in [-0.3, -0.25) is 13.9 Å². The quantitative estimate of drug-likeness (QED) is 0.187. The topological polar surface area (TPSA) is 117 Å². The van der Waals surface area contributed by atoms with E-state index in [1.54, 1.807) is 60.7 Å². The molecule has 4 rings (SSSR count). The number of anilines is 1. The van der Waals surface area contributed by atoms with Crippen molar-refractivity contribution in [2.75, 3.05) is 17.5 Å². The highest BCUT2D eigenvalue weighted by molar-refractivity contribution is 7.92. The summed E-state index contributed by atoms with van der Waals surface area (Å²) in [7, 11) is -4.00. The summed E-state index contributed by atoms with van der Waals surface area (Å²) in [5.74, 6) is -0.352. The molecule has 10 heteroatoms. The number of hydrogen-bond acceptors (Lipinski definition) is 6. The Hall–Kier alpha value is -4.96. The second-order valence-electron chi connectivity index (χ2n) is 9.51. The number of nitrogens with zero attached hydrogens (tertiary/aromatic N) is 2. The molecule has 0 unspecified atom stereocenters. The van der Waals surface area contributed by atoms with Crippen LogP contribution in [0.5, 0.6) is 5.75 Å². The van der Waals surface area contributed by atoms with Crippen LogP contribution in [0.4, 0.5) is 5.69 Å². The highest BCUT2D eigenvalue weighted by atomic mass is 32.2. The molecule has 0 aliphatic carbocycles. The highest BCUT2D eigenvalue weighted by Gasteiger charge is 2.27. The fraction of sp³-hybridized carbons (Fsp3) is 0.156. The van der Waals surface area contributed by atoms with Crippen molar-refractivity contribution in [3.8, 4) is 5.75 Å². The minimum absolute atomic E-state index is 0.0771. The van der Waals surface area contributed by atoms with E-state index in [9.17, 15) is 18.0 Å². The summed E-state index contributed by atoms with van der Waals surface area (Å²) < 4.78 is 33.4. The summed E-state index contributed by atoms with van der Waals surface area (Å²) in [6.45, 7) is 3.15. The van der Waals surface area contributed by atoms with E-state index in [2.05, 4.69) is 15.8 Å². The summed E-state index contributed by atoms with van der Waals surface area (Å²) >= 11 is 0. The number of hydrazone groups is 1. The Morgan fingerprint density at radius 2 is 1.55 bits per heavy atom. The van der Waals surface area contributed by atoms with Crippen molar-refractivity contribution in [3.63, 3.8) is 0 Å². The summed E-state index contributed by atoms with van der Waals surface area (Å²) in [6, 6.07) is 31.2. The second kappa shape index (κ2) is 14.1. The van der Waals surface area contributed by atoms with Crippen molar-refractivity contribution < 1.29 is 22.7 Å². The van der Waals surface area contributed by atoms with Gasteiger partial charge < -0.3 is 10.1 Å². The highest BCUT2D eigenvalue weighted by Crippen LogP contribution is 2.24. The third-order valence-electron chi connectivity index (χ3n) is 6.24. The summed E-state index contributed by atoms with van der Waals surface area (Å²) in [5.41, 5.74) is 5.29. The van der Waals surface area contributed by atoms with E-state index in [0.717, 1.165) is 15.4 Å². The molecule has 0 spiro atoms. The van der Waals surface area contributed by atoms with Crippen LogP contribution in [0.2, 0.25) is 0 Å². The Balaban J connectivity index is 1.32. The lowest BCUT2D eigenvalue weighted by atomic mass is 10.1. The summed E-state index contributed by atoms with van der Waals surface area (Å²) in [6.07, 6.45) is 1.43. The van der Waals surface area contributed by atoms with Crippen LogP contribution in [0.25, 0.3) is 0 Å². The van der Waals surface area contributed by atoms with Gasteiger partial charge in [0.2, 0.25) is 0 Å². The fourth-order valence-electron chi connectivity index (χ4n) is 4.07. The first kappa shape index (κ1) is 30.0. The van der Waals surface area contributed by atoms with Gasteiger partial charge in [-0.2, -0.15) is 5.10 Å². The van der Waals surface area contributed by atoms with Crippen LogP contribution in [-0.2, 0) is 19.6 Å². The lowest BCUT2D eigenvalue weighted by Crippen LogP contribution is -2.39. The monoisotopic (exact) mass is 584 g/mol. The number of carbonyl (C=O) groups excluding carboxylic acids is 2. The second-order valence-corrected chi connectivity index (χ2v) is 11.4. The van der Waals surface area contributed by atoms with Crippen molar-refractivity contribution in [3.05, 3.63) is 126 Å². The molecule has 0 aromatic heterocycles. The Morgan fingerprint density at radius 1 is 0.881 bits per heavy atom. The van der Waals surface area contributed by atoms with Crippen molar-refractivity contribution in [2.24, 2.45) is 5.10 Å². The molecule has 0 radical (unpaired) electrons. The number of rotatable bonds is 12. The average Bonchev–Trinajstić information content (AvgIpc) is 3.00. The third kappa shape index (κ3) is 8.28. The van der Waals surface area contributed by atoms with Gasteiger partial charge >= 0.3 is 0 Å². The Morgan fingerprint density at radius 3 is 2.21 bits per heavy atom. The van der Waals surface area contributed by atoms with Gasteiger partial charge in [0.1, 0.15) is 12.3 Å². The summed E-state index contributed by atoms with van der Waals surface area (Å²) in [5, 5.41) is 6.87. The van der Waals surface area contributed by atoms with E-state index < -0.39 is 22.5 Å². The maximum Gasteiger partial charge on any atom is 0.264 e. The largest absolute Gasteiger partial charge is 0.484 e. The predicted molar refractivity (Wildman–Crippen MR) is 163 cm³/mol. The van der Waals surface area contributed by atoms with E-state index in [-0.39, 0.29) is 23.5 Å². The first-order valence-electron chi connectivity index (χ1n) is 13.3. The van der Waals surface area contributed by atoms with Crippen molar-refractivity contribution in [1.29, 1.82) is 0 Å². The van der Waals surface area contributed by atoms with Crippen molar-refractivity contribution in [1.82, 2.24) is 10.7 Å². The standard InChI is InChI=1S/C32H32N4O5S/c1-24-10-9-13-28(20-24)36(42(39,40)30-14-7-4-8-15-30)22-31(37)35-33-21-26-16-18-29(19-17-26)41-23-32(38)34-25(2)27-11-5-3-6-12-27/h3-21,25H,22-23H2,1-2H3,(H,34,38)(H,35,37)/b33-21-/t25-/m0/s1. The van der Waals surface area contributed by atoms with E-state index >= 15 is 0 Å². The number of aryl methyl sites for hydroxylation is 1. The van der Waals surface area contributed by atoms with Gasteiger partial charge in [0.25, 0.3) is 21.8 Å². The number of benzene rings is 4. The molecule has 216 valence electrons. The van der Waals surface area contributed by atoms with E-state index in [0.29, 0.717) is 17.0 Å². The minimum Gasteiger partial charge on any atom is -0.484 e. The van der Waals surface area contributed by atoms with Crippen LogP contribution in [-0.4, -0.2) is 39.6 Å². The summed E-state index contributed by atoms with van der Waals surface area (Å²) in [4.78, 5) is 25.1. The van der Waals surface area contributed by atoms with Crippen LogP contribution in [0.3, 0.4) is 0 Å². The van der Waals surface area contributed by atoms with Crippen LogP contribution in [0.1, 0.15) is 29.7 Å². The Bertz CT molecular complexity index is 1630. The average molecular weight is 585 g/mol. The molecule has 42 heavy (non-hydrogen) atoms. The van der Waals surface area contributed by atoms with Gasteiger partial charge in [0, 0.05) is 0 Å². The number of nitrogens with one attached hydrogen (secondary N) is 2. The molecule has 4 aromatic carbocycles. The van der Waals surface area contributed by atoms with Gasteiger partial charge in [-0.25, -0.2) is 13.8 Å². The zero-order valence-electron chi connectivity index (χ0n) is 23.3. The van der Waals surface area contributed by atoms with Crippen LogP contribution < -0.4 is 19.8 Å². The zero-order valence-corrected chi connectivity index (χ0v) is 24.1. The number of sulfonamides is 1. The number of hydrogen-bond donors (Lipinski definition) is 2. The molecule has 0 saturated heterocycles. The molecule has 4 aromatic rings. The van der Waals surface area contributed by atoms with Crippen LogP contribution in [0, 0.1) is 6.92 Å². The molecule has 9 nitrogen and oxygen atoms in total. The van der Waals surface area contributed by atoms with Gasteiger partial charge in [-0.15, -0.1) is 0 Å². The Kier molecular flexibility index (Phi) is 10.1. The molecule has 0 saturated carbocycles. The fourth-order valence-corrected chi connectivity index (χ4v) is 5.50. The normalized spacial score (nSPS) is 12.0.